The highest BCUT2D eigenvalue weighted by Gasteiger charge is 2.60. The molecule has 19 N–H and O–H groups in total. The van der Waals surface area contributed by atoms with Gasteiger partial charge in [-0.3, -0.25) is 27.6 Å². The van der Waals surface area contributed by atoms with E-state index in [0.29, 0.717) is 0 Å². The second-order valence-electron chi connectivity index (χ2n) is 15.5. The van der Waals surface area contributed by atoms with Crippen LogP contribution < -0.4 is 21.5 Å². The van der Waals surface area contributed by atoms with E-state index in [1.807, 2.05) is 5.32 Å². The number of amides is 5. The molecule has 4 aliphatic rings. The van der Waals surface area contributed by atoms with Gasteiger partial charge in [-0.2, -0.15) is 46.8 Å². The van der Waals surface area contributed by atoms with Crippen LogP contribution in [-0.2, 0) is 116 Å². The van der Waals surface area contributed by atoms with E-state index in [4.69, 9.17) is 37.7 Å². The van der Waals surface area contributed by atoms with Gasteiger partial charge in [0.05, 0.1) is 13.2 Å². The second kappa shape index (κ2) is 27.0. The molecule has 4 aliphatic heterocycles. The van der Waals surface area contributed by atoms with Crippen molar-refractivity contribution in [2.24, 2.45) is 21.7 Å². The largest absolute Gasteiger partial charge is 0.479 e. The molecule has 0 radical (unpaired) electrons. The number of carboxylic acid groups (broad SMARTS) is 2. The molecule has 50 heteroatoms. The SMILES string of the molecule is CC(=O)N[C@@H]1[C@@H](O)[C@H](O[C@@H]2O[C@H](C(=O)O)[C@@H](O[C@@H]3O[C@H](CO)[C@@H](O[C@H]4O[C@@H](C(=O)O)[C@H](O)[C@@H](O)[C@@H]4OS(=O)(=O)O)[C@H](OS(=O)(=O)O)[C@H]3NS(=O)(=O)O)[C@H](O)[C@H]2OS(=O)(=O)O)[C@H](COS(=O)(=O)O)O[C@H]1O.NC(=O)N=NC(N)=O. The third-order valence-electron chi connectivity index (χ3n) is 9.93. The summed E-state index contributed by atoms with van der Waals surface area (Å²) in [5, 5.41) is 91.2. The number of nitrogens with one attached hydrogen (secondary N) is 2. The number of ether oxygens (including phenoxy) is 7. The summed E-state index contributed by atoms with van der Waals surface area (Å²) < 4.78 is 222. The molecule has 20 atom stereocenters. The fourth-order valence-corrected chi connectivity index (χ4v) is 9.53. The van der Waals surface area contributed by atoms with Crippen molar-refractivity contribution in [1.82, 2.24) is 10.0 Å². The number of primary amides is 2. The van der Waals surface area contributed by atoms with E-state index >= 15 is 0 Å². The van der Waals surface area contributed by atoms with Crippen LogP contribution in [0.3, 0.4) is 0 Å². The van der Waals surface area contributed by atoms with Gasteiger partial charge >= 0.3 is 75.9 Å². The maximum atomic E-state index is 12.7. The normalized spacial score (nSPS) is 36.2. The Hall–Kier alpha value is -4.22. The number of carboxylic acids is 2. The van der Waals surface area contributed by atoms with Gasteiger partial charge in [-0.1, -0.05) is 10.2 Å². The number of aliphatic hydroxyl groups excluding tert-OH is 6. The van der Waals surface area contributed by atoms with Crippen LogP contribution in [0.5, 0.6) is 0 Å². The van der Waals surface area contributed by atoms with Crippen molar-refractivity contribution < 1.29 is 180 Å². The van der Waals surface area contributed by atoms with Gasteiger partial charge in [-0.15, -0.1) is 0 Å². The zero-order valence-corrected chi connectivity index (χ0v) is 42.1. The smallest absolute Gasteiger partial charge is 0.397 e. The molecule has 0 bridgehead atoms. The quantitative estimate of drug-likeness (QED) is 0.0375. The molecule has 45 nitrogen and oxygen atoms in total. The molecule has 0 unspecified atom stereocenters. The van der Waals surface area contributed by atoms with Crippen molar-refractivity contribution in [2.75, 3.05) is 13.2 Å². The lowest BCUT2D eigenvalue weighted by Gasteiger charge is -2.50. The van der Waals surface area contributed by atoms with E-state index in [9.17, 15) is 125 Å². The first kappa shape index (κ1) is 68.1. The standard InChI is InChI=1S/C26H42N2O37S5.C2H4N4O2/c1-4(30)27-7-9(31)13(6(56-23(7)39)3-55-67(43,44)45)58-26-19(65-70(52,53)54)12(34)16(20(62-26)22(37)38)60-24-8(28-66(40,41)42)15(63-68(46,47)48)14(5(2-29)57-24)59-25-18(64-69(49,50)51)11(33)10(32)17(61-25)21(35)36;3-1(7)5-6-2(4)8/h5-20,23-26,28-29,31-34,39H,2-3H2,1H3,(H,27,30)(H,35,36)(H,37,38)(H,40,41,42)(H,43,44,45)(H,46,47,48)(H,49,50,51)(H,52,53,54);(H2,3,7)(H2,4,8)/t5-,6+,7-,8-,9-,10-,11-,12+,13-,14-,15-,16+,17-,18+,19-,20+,23-,24+,25+,26-;/m1./s1. The van der Waals surface area contributed by atoms with Crippen LogP contribution in [0.2, 0.25) is 0 Å². The Kier molecular flexibility index (Phi) is 23.6. The Bertz CT molecular complexity index is 2740. The fraction of sp³-hybridized carbons (Fsp3) is 0.821. The van der Waals surface area contributed by atoms with Gasteiger partial charge in [-0.05, 0) is 0 Å². The Morgan fingerprint density at radius 3 is 1.40 bits per heavy atom. The number of hydrogen-bond donors (Lipinski definition) is 17. The van der Waals surface area contributed by atoms with Crippen LogP contribution in [0.15, 0.2) is 10.2 Å². The highest BCUT2D eigenvalue weighted by atomic mass is 32.3. The van der Waals surface area contributed by atoms with Crippen LogP contribution in [0.25, 0.3) is 0 Å². The number of hydrogen-bond acceptors (Lipinski definition) is 32. The summed E-state index contributed by atoms with van der Waals surface area (Å²) in [6, 6.07) is -7.04. The first-order valence-corrected chi connectivity index (χ1v) is 27.0. The van der Waals surface area contributed by atoms with Gasteiger partial charge in [0.2, 0.25) is 5.91 Å². The zero-order valence-electron chi connectivity index (χ0n) is 38.0. The molecule has 0 aromatic carbocycles. The molecule has 0 aliphatic carbocycles. The predicted molar refractivity (Wildman–Crippen MR) is 225 cm³/mol. The Morgan fingerprint density at radius 2 is 0.974 bits per heavy atom. The van der Waals surface area contributed by atoms with E-state index in [1.165, 1.54) is 4.72 Å². The van der Waals surface area contributed by atoms with Gasteiger partial charge in [0.25, 0.3) is 0 Å². The van der Waals surface area contributed by atoms with Crippen LogP contribution in [0.4, 0.5) is 9.59 Å². The van der Waals surface area contributed by atoms with Crippen molar-refractivity contribution in [3.63, 3.8) is 0 Å². The van der Waals surface area contributed by atoms with Crippen molar-refractivity contribution >= 4 is 81.8 Å². The molecule has 0 aromatic rings. The molecule has 78 heavy (non-hydrogen) atoms. The van der Waals surface area contributed by atoms with Gasteiger partial charge < -0.3 is 90.8 Å². The Morgan fingerprint density at radius 1 is 0.526 bits per heavy atom. The molecule has 5 amide bonds. The minimum atomic E-state index is -6.09. The lowest BCUT2D eigenvalue weighted by atomic mass is 9.94. The number of carbonyl (C=O) groups excluding carboxylic acids is 3. The molecular weight excluding hydrogens is 1200 g/mol. The average molecular weight is 1250 g/mol. The molecule has 0 saturated carbocycles. The third kappa shape index (κ3) is 20.4. The van der Waals surface area contributed by atoms with Gasteiger partial charge in [0.15, 0.2) is 49.6 Å². The molecule has 452 valence electrons. The highest BCUT2D eigenvalue weighted by Crippen LogP contribution is 2.37. The topological polar surface area (TPSA) is 721 Å². The number of nitrogens with zero attached hydrogens (tertiary/aromatic N) is 2. The van der Waals surface area contributed by atoms with Crippen molar-refractivity contribution in [3.8, 4) is 0 Å². The minimum Gasteiger partial charge on any atom is -0.479 e. The summed E-state index contributed by atoms with van der Waals surface area (Å²) in [7, 11) is -29.1. The van der Waals surface area contributed by atoms with Crippen molar-refractivity contribution in [1.29, 1.82) is 0 Å². The molecular formula is C28H46N6O39S5. The van der Waals surface area contributed by atoms with Gasteiger partial charge in [0, 0.05) is 6.92 Å². The van der Waals surface area contributed by atoms with E-state index in [-0.39, 0.29) is 0 Å². The summed E-state index contributed by atoms with van der Waals surface area (Å²) in [5.41, 5.74) is 8.87. The zero-order chi connectivity index (χ0) is 60.0. The van der Waals surface area contributed by atoms with Crippen molar-refractivity contribution in [3.05, 3.63) is 0 Å². The van der Waals surface area contributed by atoms with Gasteiger partial charge in [-0.25, -0.2) is 35.9 Å². The molecule has 4 saturated heterocycles. The predicted octanol–water partition coefficient (Wildman–Crippen LogP) is -11.1. The molecule has 4 fully saturated rings. The Balaban J connectivity index is 0.00000184. The second-order valence-corrected chi connectivity index (χ2v) is 20.9. The molecule has 0 aromatic heterocycles. The number of azo groups is 1. The van der Waals surface area contributed by atoms with Gasteiger partial charge in [0.1, 0.15) is 73.1 Å². The number of aliphatic hydroxyl groups is 6. The number of aliphatic carboxylic acids is 2. The van der Waals surface area contributed by atoms with Crippen LogP contribution in [-0.4, -0.2) is 272 Å². The van der Waals surface area contributed by atoms with Crippen LogP contribution in [0.1, 0.15) is 6.92 Å². The third-order valence-corrected chi connectivity index (χ3v) is 12.3. The number of carbonyl (C=O) groups is 5. The molecule has 0 spiro atoms. The summed E-state index contributed by atoms with van der Waals surface area (Å²) in [6.45, 7) is -2.24. The lowest BCUT2D eigenvalue weighted by Crippen LogP contribution is -2.71. The summed E-state index contributed by atoms with van der Waals surface area (Å²) >= 11 is 0. The maximum absolute atomic E-state index is 12.7. The first-order chi connectivity index (χ1) is 35.4. The monoisotopic (exact) mass is 1250 g/mol. The fourth-order valence-electron chi connectivity index (χ4n) is 7.15. The lowest BCUT2D eigenvalue weighted by molar-refractivity contribution is -0.366. The first-order valence-electron chi connectivity index (χ1n) is 20.1. The number of nitrogens with two attached hydrogens (primary N) is 2. The van der Waals surface area contributed by atoms with E-state index < -0.39 is 218 Å². The number of urea groups is 2. The summed E-state index contributed by atoms with van der Waals surface area (Å²) in [6.07, 6.45) is -49.1. The van der Waals surface area contributed by atoms with E-state index in [0.717, 1.165) is 6.92 Å². The van der Waals surface area contributed by atoms with Crippen LogP contribution >= 0.6 is 0 Å². The molecule has 4 heterocycles. The summed E-state index contributed by atoms with van der Waals surface area (Å²) in [4.78, 5) is 55.7. The maximum Gasteiger partial charge on any atom is 0.397 e. The number of rotatable bonds is 21. The Labute approximate surface area is 434 Å². The van der Waals surface area contributed by atoms with E-state index in [1.54, 1.807) is 0 Å². The minimum absolute atomic E-state index is 0.840. The van der Waals surface area contributed by atoms with E-state index in [2.05, 4.69) is 38.4 Å². The van der Waals surface area contributed by atoms with Crippen molar-refractivity contribution in [2.45, 2.75) is 130 Å². The summed E-state index contributed by atoms with van der Waals surface area (Å²) in [5.74, 6) is -5.49. The average Bonchev–Trinajstić information content (AvgIpc) is 3.26. The highest BCUT2D eigenvalue weighted by molar-refractivity contribution is 7.83. The van der Waals surface area contributed by atoms with Crippen LogP contribution in [0, 0.1) is 0 Å². The molecule has 4 rings (SSSR count).